The summed E-state index contributed by atoms with van der Waals surface area (Å²) < 4.78 is 14.6. The highest BCUT2D eigenvalue weighted by Gasteiger charge is 2.05. The number of rotatable bonds is 2. The van der Waals surface area contributed by atoms with Crippen molar-refractivity contribution in [3.05, 3.63) is 47.5 Å². The molecule has 1 aromatic carbocycles. The molecule has 0 aliphatic heterocycles. The molecule has 2 nitrogen and oxygen atoms in total. The molecule has 15 heavy (non-hydrogen) atoms. The minimum absolute atomic E-state index is 0.223. The standard InChI is InChI=1S/C12H13FN2/c1-3-10-8-14-15(9(10)2)12-6-4-11(13)5-7-12/h4-8H,3H2,1-2H3. The molecule has 0 aliphatic rings. The molecule has 1 heterocycles. The van der Waals surface area contributed by atoms with E-state index < -0.39 is 0 Å². The second-order valence-corrected chi connectivity index (χ2v) is 3.50. The van der Waals surface area contributed by atoms with Crippen molar-refractivity contribution in [2.75, 3.05) is 0 Å². The Morgan fingerprint density at radius 2 is 1.93 bits per heavy atom. The number of hydrogen-bond acceptors (Lipinski definition) is 1. The molecular weight excluding hydrogens is 191 g/mol. The zero-order valence-corrected chi connectivity index (χ0v) is 8.87. The van der Waals surface area contributed by atoms with E-state index in [0.717, 1.165) is 17.8 Å². The molecule has 0 atom stereocenters. The maximum absolute atomic E-state index is 12.7. The molecule has 78 valence electrons. The van der Waals surface area contributed by atoms with Crippen LogP contribution in [0.2, 0.25) is 0 Å². The van der Waals surface area contributed by atoms with Gasteiger partial charge in [0.15, 0.2) is 0 Å². The molecule has 0 unspecified atom stereocenters. The summed E-state index contributed by atoms with van der Waals surface area (Å²) in [5, 5.41) is 4.28. The highest BCUT2D eigenvalue weighted by molar-refractivity contribution is 5.34. The Morgan fingerprint density at radius 1 is 1.27 bits per heavy atom. The smallest absolute Gasteiger partial charge is 0.123 e. The number of benzene rings is 1. The monoisotopic (exact) mass is 204 g/mol. The minimum Gasteiger partial charge on any atom is -0.238 e. The molecule has 0 aliphatic carbocycles. The van der Waals surface area contributed by atoms with Crippen LogP contribution in [0.25, 0.3) is 5.69 Å². The number of halogens is 1. The Bertz CT molecular complexity index is 457. The zero-order chi connectivity index (χ0) is 10.8. The second kappa shape index (κ2) is 3.85. The van der Waals surface area contributed by atoms with E-state index in [0.29, 0.717) is 0 Å². The Morgan fingerprint density at radius 3 is 2.47 bits per heavy atom. The number of aromatic nitrogens is 2. The van der Waals surface area contributed by atoms with Gasteiger partial charge in [-0.25, -0.2) is 9.07 Å². The fraction of sp³-hybridized carbons (Fsp3) is 0.250. The lowest BCUT2D eigenvalue weighted by Crippen LogP contribution is -1.99. The summed E-state index contributed by atoms with van der Waals surface area (Å²) in [5.74, 6) is -0.223. The largest absolute Gasteiger partial charge is 0.238 e. The maximum Gasteiger partial charge on any atom is 0.123 e. The number of aryl methyl sites for hydroxylation is 1. The van der Waals surface area contributed by atoms with Crippen LogP contribution in [0.1, 0.15) is 18.2 Å². The van der Waals surface area contributed by atoms with Gasteiger partial charge in [0.1, 0.15) is 5.82 Å². The molecule has 0 N–H and O–H groups in total. The summed E-state index contributed by atoms with van der Waals surface area (Å²) in [5.41, 5.74) is 3.23. The van der Waals surface area contributed by atoms with Crippen molar-refractivity contribution >= 4 is 0 Å². The molecule has 0 saturated carbocycles. The third-order valence-electron chi connectivity index (χ3n) is 2.56. The molecule has 0 saturated heterocycles. The fourth-order valence-corrected chi connectivity index (χ4v) is 1.63. The van der Waals surface area contributed by atoms with Gasteiger partial charge in [-0.15, -0.1) is 0 Å². The van der Waals surface area contributed by atoms with Gasteiger partial charge in [0.2, 0.25) is 0 Å². The molecule has 1 aromatic heterocycles. The van der Waals surface area contributed by atoms with E-state index in [-0.39, 0.29) is 5.82 Å². The van der Waals surface area contributed by atoms with Crippen molar-refractivity contribution in [1.29, 1.82) is 0 Å². The van der Waals surface area contributed by atoms with E-state index in [4.69, 9.17) is 0 Å². The minimum atomic E-state index is -0.223. The van der Waals surface area contributed by atoms with Gasteiger partial charge in [-0.1, -0.05) is 6.92 Å². The summed E-state index contributed by atoms with van der Waals surface area (Å²) in [4.78, 5) is 0. The summed E-state index contributed by atoms with van der Waals surface area (Å²) in [6.45, 7) is 4.12. The van der Waals surface area contributed by atoms with Crippen LogP contribution < -0.4 is 0 Å². The predicted octanol–water partition coefficient (Wildman–Crippen LogP) is 2.88. The van der Waals surface area contributed by atoms with E-state index in [9.17, 15) is 4.39 Å². The SMILES string of the molecule is CCc1cnn(-c2ccc(F)cc2)c1C. The van der Waals surface area contributed by atoms with Crippen LogP contribution >= 0.6 is 0 Å². The lowest BCUT2D eigenvalue weighted by molar-refractivity contribution is 0.627. The maximum atomic E-state index is 12.7. The van der Waals surface area contributed by atoms with Crippen molar-refractivity contribution in [2.24, 2.45) is 0 Å². The lowest BCUT2D eigenvalue weighted by atomic mass is 10.2. The second-order valence-electron chi connectivity index (χ2n) is 3.50. The van der Waals surface area contributed by atoms with E-state index in [2.05, 4.69) is 12.0 Å². The average Bonchev–Trinajstić information content (AvgIpc) is 2.61. The Labute approximate surface area is 88.4 Å². The average molecular weight is 204 g/mol. The summed E-state index contributed by atoms with van der Waals surface area (Å²) in [6.07, 6.45) is 2.83. The molecule has 2 aromatic rings. The summed E-state index contributed by atoms with van der Waals surface area (Å²) in [6, 6.07) is 6.35. The topological polar surface area (TPSA) is 17.8 Å². The molecule has 0 radical (unpaired) electrons. The van der Waals surface area contributed by atoms with Crippen LogP contribution in [0.5, 0.6) is 0 Å². The molecule has 0 amide bonds. The van der Waals surface area contributed by atoms with Crippen LogP contribution in [-0.2, 0) is 6.42 Å². The van der Waals surface area contributed by atoms with Gasteiger partial charge in [0.25, 0.3) is 0 Å². The van der Waals surface area contributed by atoms with Crippen LogP contribution in [-0.4, -0.2) is 9.78 Å². The Hall–Kier alpha value is -1.64. The van der Waals surface area contributed by atoms with Crippen molar-refractivity contribution in [3.63, 3.8) is 0 Å². The third kappa shape index (κ3) is 1.77. The first-order valence-corrected chi connectivity index (χ1v) is 5.02. The first-order valence-electron chi connectivity index (χ1n) is 5.02. The lowest BCUT2D eigenvalue weighted by Gasteiger charge is -2.04. The molecule has 0 bridgehead atoms. The van der Waals surface area contributed by atoms with Crippen LogP contribution in [0.15, 0.2) is 30.5 Å². The molecule has 3 heteroatoms. The van der Waals surface area contributed by atoms with Gasteiger partial charge in [-0.05, 0) is 43.2 Å². The zero-order valence-electron chi connectivity index (χ0n) is 8.87. The van der Waals surface area contributed by atoms with Crippen molar-refractivity contribution in [3.8, 4) is 5.69 Å². The van der Waals surface area contributed by atoms with Crippen molar-refractivity contribution in [1.82, 2.24) is 9.78 Å². The van der Waals surface area contributed by atoms with E-state index >= 15 is 0 Å². The number of nitrogens with zero attached hydrogens (tertiary/aromatic N) is 2. The van der Waals surface area contributed by atoms with Crippen LogP contribution in [0.3, 0.4) is 0 Å². The van der Waals surface area contributed by atoms with Crippen LogP contribution in [0, 0.1) is 12.7 Å². The molecule has 0 fully saturated rings. The molecular formula is C12H13FN2. The highest BCUT2D eigenvalue weighted by atomic mass is 19.1. The summed E-state index contributed by atoms with van der Waals surface area (Å²) >= 11 is 0. The van der Waals surface area contributed by atoms with Crippen molar-refractivity contribution < 1.29 is 4.39 Å². The predicted molar refractivity (Wildman–Crippen MR) is 57.6 cm³/mol. The third-order valence-corrected chi connectivity index (χ3v) is 2.56. The van der Waals surface area contributed by atoms with Gasteiger partial charge in [0.05, 0.1) is 11.9 Å². The van der Waals surface area contributed by atoms with Crippen LogP contribution in [0.4, 0.5) is 4.39 Å². The van der Waals surface area contributed by atoms with Gasteiger partial charge in [-0.3, -0.25) is 0 Å². The van der Waals surface area contributed by atoms with Gasteiger partial charge >= 0.3 is 0 Å². The quantitative estimate of drug-likeness (QED) is 0.735. The van der Waals surface area contributed by atoms with E-state index in [1.54, 1.807) is 12.1 Å². The van der Waals surface area contributed by atoms with Gasteiger partial charge in [-0.2, -0.15) is 5.10 Å². The normalized spacial score (nSPS) is 10.6. The number of hydrogen-bond donors (Lipinski definition) is 0. The molecule has 0 spiro atoms. The van der Waals surface area contributed by atoms with E-state index in [1.807, 2.05) is 17.8 Å². The first kappa shape index (κ1) is 9.90. The van der Waals surface area contributed by atoms with Gasteiger partial charge < -0.3 is 0 Å². The Kier molecular flexibility index (Phi) is 2.54. The highest BCUT2D eigenvalue weighted by Crippen LogP contribution is 2.14. The summed E-state index contributed by atoms with van der Waals surface area (Å²) in [7, 11) is 0. The Balaban J connectivity index is 2.45. The van der Waals surface area contributed by atoms with Gasteiger partial charge in [0, 0.05) is 5.69 Å². The molecule has 2 rings (SSSR count). The van der Waals surface area contributed by atoms with Crippen molar-refractivity contribution in [2.45, 2.75) is 20.3 Å². The first-order chi connectivity index (χ1) is 7.22. The van der Waals surface area contributed by atoms with E-state index in [1.165, 1.54) is 17.7 Å². The fourth-order valence-electron chi connectivity index (χ4n) is 1.63.